The van der Waals surface area contributed by atoms with Crippen LogP contribution in [0.2, 0.25) is 0 Å². The lowest BCUT2D eigenvalue weighted by Gasteiger charge is -2.11. The summed E-state index contributed by atoms with van der Waals surface area (Å²) in [5.74, 6) is -1.28. The highest BCUT2D eigenvalue weighted by Crippen LogP contribution is 2.19. The number of hydrogen-bond acceptors (Lipinski definition) is 2. The Morgan fingerprint density at radius 2 is 1.45 bits per heavy atom. The Morgan fingerprint density at radius 1 is 0.864 bits per heavy atom. The highest BCUT2D eigenvalue weighted by molar-refractivity contribution is 6.39. The average Bonchev–Trinajstić information content (AvgIpc) is 2.50. The number of aryl methyl sites for hydroxylation is 3. The van der Waals surface area contributed by atoms with Gasteiger partial charge in [-0.3, -0.25) is 9.59 Å². The zero-order valence-corrected chi connectivity index (χ0v) is 13.1. The molecule has 0 aliphatic carbocycles. The molecule has 2 amide bonds. The van der Waals surface area contributed by atoms with E-state index in [-0.39, 0.29) is 0 Å². The van der Waals surface area contributed by atoms with E-state index in [0.29, 0.717) is 12.2 Å². The van der Waals surface area contributed by atoms with Gasteiger partial charge < -0.3 is 10.6 Å². The molecule has 0 unspecified atom stereocenters. The van der Waals surface area contributed by atoms with Gasteiger partial charge >= 0.3 is 11.8 Å². The predicted molar refractivity (Wildman–Crippen MR) is 87.6 cm³/mol. The van der Waals surface area contributed by atoms with Crippen LogP contribution in [0.1, 0.15) is 22.3 Å². The smallest absolute Gasteiger partial charge is 0.313 e. The topological polar surface area (TPSA) is 58.2 Å². The zero-order valence-electron chi connectivity index (χ0n) is 13.1. The molecule has 114 valence electrons. The highest BCUT2D eigenvalue weighted by Gasteiger charge is 2.15. The van der Waals surface area contributed by atoms with Crippen molar-refractivity contribution >= 4 is 17.5 Å². The van der Waals surface area contributed by atoms with Gasteiger partial charge in [0.15, 0.2) is 0 Å². The van der Waals surface area contributed by atoms with Crippen LogP contribution in [0.5, 0.6) is 0 Å². The molecule has 4 heteroatoms. The molecule has 4 nitrogen and oxygen atoms in total. The number of benzene rings is 2. The minimum atomic E-state index is -0.649. The Kier molecular flexibility index (Phi) is 4.94. The summed E-state index contributed by atoms with van der Waals surface area (Å²) in [6.07, 6.45) is 0. The molecule has 0 saturated heterocycles. The Balaban J connectivity index is 1.95. The van der Waals surface area contributed by atoms with Crippen LogP contribution in [0.25, 0.3) is 0 Å². The first-order chi connectivity index (χ1) is 10.5. The quantitative estimate of drug-likeness (QED) is 0.856. The molecular weight excluding hydrogens is 276 g/mol. The minimum Gasteiger partial charge on any atom is -0.344 e. The summed E-state index contributed by atoms with van der Waals surface area (Å²) in [6, 6.07) is 13.5. The van der Waals surface area contributed by atoms with Gasteiger partial charge in [-0.15, -0.1) is 0 Å². The van der Waals surface area contributed by atoms with Crippen molar-refractivity contribution in [1.82, 2.24) is 5.32 Å². The lowest BCUT2D eigenvalue weighted by Crippen LogP contribution is -2.35. The van der Waals surface area contributed by atoms with Gasteiger partial charge in [0.2, 0.25) is 0 Å². The fourth-order valence-electron chi connectivity index (χ4n) is 2.15. The molecular formula is C18H20N2O2. The number of para-hydroxylation sites is 1. The minimum absolute atomic E-state index is 0.333. The van der Waals surface area contributed by atoms with Crippen LogP contribution in [-0.2, 0) is 16.1 Å². The van der Waals surface area contributed by atoms with Crippen molar-refractivity contribution in [3.63, 3.8) is 0 Å². The van der Waals surface area contributed by atoms with Crippen LogP contribution < -0.4 is 10.6 Å². The standard InChI is InChI=1S/C18H20N2O2/c1-12-7-9-15(10-8-12)11-19-17(21)18(22)20-16-13(2)5-4-6-14(16)3/h4-10H,11H2,1-3H3,(H,19,21)(H,20,22). The Morgan fingerprint density at radius 3 is 2.05 bits per heavy atom. The molecule has 0 fully saturated rings. The Labute approximate surface area is 130 Å². The predicted octanol–water partition coefficient (Wildman–Crippen LogP) is 2.87. The van der Waals surface area contributed by atoms with Crippen LogP contribution in [0.3, 0.4) is 0 Å². The fraction of sp³-hybridized carbons (Fsp3) is 0.222. The first-order valence-electron chi connectivity index (χ1n) is 7.18. The number of nitrogens with one attached hydrogen (secondary N) is 2. The second-order valence-electron chi connectivity index (χ2n) is 5.39. The van der Waals surface area contributed by atoms with Crippen molar-refractivity contribution in [3.05, 3.63) is 64.7 Å². The van der Waals surface area contributed by atoms with Crippen LogP contribution in [0, 0.1) is 20.8 Å². The maximum absolute atomic E-state index is 12.0. The first kappa shape index (κ1) is 15.8. The Hall–Kier alpha value is -2.62. The number of rotatable bonds is 3. The van der Waals surface area contributed by atoms with Crippen molar-refractivity contribution in [2.45, 2.75) is 27.3 Å². The molecule has 22 heavy (non-hydrogen) atoms. The second-order valence-corrected chi connectivity index (χ2v) is 5.39. The third-order valence-electron chi connectivity index (χ3n) is 3.50. The van der Waals surface area contributed by atoms with Gasteiger partial charge in [0.25, 0.3) is 0 Å². The van der Waals surface area contributed by atoms with E-state index in [1.54, 1.807) is 0 Å². The number of anilines is 1. The molecule has 2 N–H and O–H groups in total. The molecule has 2 rings (SSSR count). The van der Waals surface area contributed by atoms with Crippen LogP contribution in [-0.4, -0.2) is 11.8 Å². The fourth-order valence-corrected chi connectivity index (χ4v) is 2.15. The van der Waals surface area contributed by atoms with Crippen LogP contribution in [0.4, 0.5) is 5.69 Å². The van der Waals surface area contributed by atoms with Crippen molar-refractivity contribution in [2.24, 2.45) is 0 Å². The van der Waals surface area contributed by atoms with Crippen LogP contribution >= 0.6 is 0 Å². The average molecular weight is 296 g/mol. The lowest BCUT2D eigenvalue weighted by molar-refractivity contribution is -0.136. The maximum Gasteiger partial charge on any atom is 0.313 e. The van der Waals surface area contributed by atoms with Crippen LogP contribution in [0.15, 0.2) is 42.5 Å². The summed E-state index contributed by atoms with van der Waals surface area (Å²) in [5, 5.41) is 5.30. The highest BCUT2D eigenvalue weighted by atomic mass is 16.2. The second kappa shape index (κ2) is 6.89. The van der Waals surface area contributed by atoms with E-state index in [2.05, 4.69) is 10.6 Å². The number of hydrogen-bond donors (Lipinski definition) is 2. The molecule has 0 aliphatic rings. The van der Waals surface area contributed by atoms with E-state index in [9.17, 15) is 9.59 Å². The van der Waals surface area contributed by atoms with Crippen molar-refractivity contribution < 1.29 is 9.59 Å². The van der Waals surface area contributed by atoms with E-state index in [4.69, 9.17) is 0 Å². The SMILES string of the molecule is Cc1ccc(CNC(=O)C(=O)Nc2c(C)cccc2C)cc1. The van der Waals surface area contributed by atoms with Gasteiger partial charge in [0.1, 0.15) is 0 Å². The van der Waals surface area contributed by atoms with Gasteiger partial charge in [-0.1, -0.05) is 48.0 Å². The van der Waals surface area contributed by atoms with Gasteiger partial charge in [-0.25, -0.2) is 0 Å². The molecule has 0 spiro atoms. The summed E-state index contributed by atoms with van der Waals surface area (Å²) in [4.78, 5) is 23.9. The largest absolute Gasteiger partial charge is 0.344 e. The molecule has 0 aromatic heterocycles. The van der Waals surface area contributed by atoms with E-state index >= 15 is 0 Å². The summed E-state index contributed by atoms with van der Waals surface area (Å²) in [5.41, 5.74) is 4.67. The number of amides is 2. The van der Waals surface area contributed by atoms with Gasteiger partial charge in [-0.05, 0) is 37.5 Å². The molecule has 2 aromatic carbocycles. The molecule has 2 aromatic rings. The molecule has 0 atom stereocenters. The van der Waals surface area contributed by atoms with Crippen molar-refractivity contribution in [1.29, 1.82) is 0 Å². The molecule has 0 aliphatic heterocycles. The van der Waals surface area contributed by atoms with Gasteiger partial charge in [0, 0.05) is 12.2 Å². The third-order valence-corrected chi connectivity index (χ3v) is 3.50. The summed E-state index contributed by atoms with van der Waals surface area (Å²) in [6.45, 7) is 6.12. The van der Waals surface area contributed by atoms with E-state index in [1.807, 2.05) is 63.2 Å². The first-order valence-corrected chi connectivity index (χ1v) is 7.18. The zero-order chi connectivity index (χ0) is 16.1. The molecule has 0 heterocycles. The van der Waals surface area contributed by atoms with E-state index < -0.39 is 11.8 Å². The normalized spacial score (nSPS) is 10.1. The summed E-state index contributed by atoms with van der Waals surface area (Å²) >= 11 is 0. The number of carbonyl (C=O) groups is 2. The van der Waals surface area contributed by atoms with Gasteiger partial charge in [-0.2, -0.15) is 0 Å². The summed E-state index contributed by atoms with van der Waals surface area (Å²) in [7, 11) is 0. The lowest BCUT2D eigenvalue weighted by atomic mass is 10.1. The summed E-state index contributed by atoms with van der Waals surface area (Å²) < 4.78 is 0. The number of carbonyl (C=O) groups excluding carboxylic acids is 2. The molecule has 0 saturated carbocycles. The molecule has 0 radical (unpaired) electrons. The van der Waals surface area contributed by atoms with Crippen molar-refractivity contribution in [3.8, 4) is 0 Å². The monoisotopic (exact) mass is 296 g/mol. The Bertz CT molecular complexity index is 670. The van der Waals surface area contributed by atoms with E-state index in [1.165, 1.54) is 0 Å². The third kappa shape index (κ3) is 3.95. The maximum atomic E-state index is 12.0. The van der Waals surface area contributed by atoms with Gasteiger partial charge in [0.05, 0.1) is 0 Å². The van der Waals surface area contributed by atoms with E-state index in [0.717, 1.165) is 22.3 Å². The molecule has 0 bridgehead atoms. The van der Waals surface area contributed by atoms with Crippen molar-refractivity contribution in [2.75, 3.05) is 5.32 Å².